The number of pyridine rings is 1. The number of carbonyl (C=O) groups is 2. The third-order valence-electron chi connectivity index (χ3n) is 4.64. The summed E-state index contributed by atoms with van der Waals surface area (Å²) in [6, 6.07) is 16.0. The van der Waals surface area contributed by atoms with Crippen molar-refractivity contribution in [1.82, 2.24) is 4.98 Å². The Kier molecular flexibility index (Phi) is 5.18. The Morgan fingerprint density at radius 1 is 1.21 bits per heavy atom. The van der Waals surface area contributed by atoms with E-state index in [1.54, 1.807) is 54.4 Å². The smallest absolute Gasteiger partial charge is 0.268 e. The van der Waals surface area contributed by atoms with Crippen molar-refractivity contribution in [2.75, 3.05) is 10.2 Å². The SMILES string of the molecule is CC1Oc2ccc(NC(=O)c3cccnc3)cc2N(Cc2ccccc2Cl)C1=O. The lowest BCUT2D eigenvalue weighted by Gasteiger charge is -2.33. The molecular formula is C22H18ClN3O3. The molecule has 0 radical (unpaired) electrons. The quantitative estimate of drug-likeness (QED) is 0.699. The first-order chi connectivity index (χ1) is 14.0. The fraction of sp³-hybridized carbons (Fsp3) is 0.136. The topological polar surface area (TPSA) is 71.5 Å². The lowest BCUT2D eigenvalue weighted by molar-refractivity contribution is -0.125. The molecule has 7 heteroatoms. The van der Waals surface area contributed by atoms with Crippen LogP contribution in [0, 0.1) is 0 Å². The molecule has 1 aliphatic rings. The number of hydrogen-bond donors (Lipinski definition) is 1. The summed E-state index contributed by atoms with van der Waals surface area (Å²) in [5.74, 6) is 0.115. The van der Waals surface area contributed by atoms with E-state index in [1.165, 1.54) is 6.20 Å². The predicted molar refractivity (Wildman–Crippen MR) is 111 cm³/mol. The molecule has 2 aromatic carbocycles. The van der Waals surface area contributed by atoms with Gasteiger partial charge in [0.05, 0.1) is 17.8 Å². The summed E-state index contributed by atoms with van der Waals surface area (Å²) in [6.45, 7) is 2.02. The van der Waals surface area contributed by atoms with E-state index in [9.17, 15) is 9.59 Å². The molecule has 146 valence electrons. The summed E-state index contributed by atoms with van der Waals surface area (Å²) in [4.78, 5) is 30.8. The van der Waals surface area contributed by atoms with Crippen molar-refractivity contribution in [3.8, 4) is 5.75 Å². The highest BCUT2D eigenvalue weighted by Gasteiger charge is 2.32. The van der Waals surface area contributed by atoms with Crippen LogP contribution in [0.25, 0.3) is 0 Å². The molecule has 6 nitrogen and oxygen atoms in total. The number of anilines is 2. The van der Waals surface area contributed by atoms with Gasteiger partial charge < -0.3 is 15.0 Å². The van der Waals surface area contributed by atoms with Crippen molar-refractivity contribution in [2.45, 2.75) is 19.6 Å². The second-order valence-corrected chi connectivity index (χ2v) is 7.06. The number of ether oxygens (including phenoxy) is 1. The molecule has 1 aliphatic heterocycles. The molecule has 0 saturated carbocycles. The standard InChI is InChI=1S/C22H18ClN3O3/c1-14-22(28)26(13-16-5-2-3-7-18(16)23)19-11-17(8-9-20(19)29-14)25-21(27)15-6-4-10-24-12-15/h2-12,14H,13H2,1H3,(H,25,27). The Balaban J connectivity index is 1.65. The Bertz CT molecular complexity index is 1070. The maximum atomic E-state index is 12.8. The molecule has 1 N–H and O–H groups in total. The van der Waals surface area contributed by atoms with Gasteiger partial charge in [-0.1, -0.05) is 29.8 Å². The molecule has 1 atom stereocenters. The van der Waals surface area contributed by atoms with Crippen LogP contribution >= 0.6 is 11.6 Å². The number of hydrogen-bond acceptors (Lipinski definition) is 4. The van der Waals surface area contributed by atoms with E-state index in [1.807, 2.05) is 18.2 Å². The molecule has 0 spiro atoms. The van der Waals surface area contributed by atoms with Crippen LogP contribution in [0.1, 0.15) is 22.8 Å². The number of rotatable bonds is 4. The third-order valence-corrected chi connectivity index (χ3v) is 5.00. The first-order valence-electron chi connectivity index (χ1n) is 9.10. The van der Waals surface area contributed by atoms with Gasteiger partial charge in [-0.2, -0.15) is 0 Å². The van der Waals surface area contributed by atoms with Crippen molar-refractivity contribution in [3.05, 3.63) is 83.1 Å². The number of carbonyl (C=O) groups excluding carboxylic acids is 2. The molecule has 0 fully saturated rings. The highest BCUT2D eigenvalue weighted by Crippen LogP contribution is 2.37. The molecule has 3 aromatic rings. The molecule has 29 heavy (non-hydrogen) atoms. The highest BCUT2D eigenvalue weighted by atomic mass is 35.5. The second kappa shape index (κ2) is 7.93. The maximum absolute atomic E-state index is 12.8. The number of aromatic nitrogens is 1. The minimum atomic E-state index is -0.610. The zero-order chi connectivity index (χ0) is 20.4. The Labute approximate surface area is 173 Å². The van der Waals surface area contributed by atoms with E-state index >= 15 is 0 Å². The van der Waals surface area contributed by atoms with Crippen LogP contribution in [0.2, 0.25) is 5.02 Å². The Morgan fingerprint density at radius 2 is 2.03 bits per heavy atom. The van der Waals surface area contributed by atoms with Crippen molar-refractivity contribution in [3.63, 3.8) is 0 Å². The van der Waals surface area contributed by atoms with E-state index in [2.05, 4.69) is 10.3 Å². The zero-order valence-corrected chi connectivity index (χ0v) is 16.4. The van der Waals surface area contributed by atoms with Gasteiger partial charge in [0.2, 0.25) is 0 Å². The largest absolute Gasteiger partial charge is 0.479 e. The van der Waals surface area contributed by atoms with E-state index in [0.717, 1.165) is 5.56 Å². The van der Waals surface area contributed by atoms with Gasteiger partial charge in [0.25, 0.3) is 11.8 Å². The summed E-state index contributed by atoms with van der Waals surface area (Å²) in [6.07, 6.45) is 2.49. The van der Waals surface area contributed by atoms with E-state index in [-0.39, 0.29) is 11.8 Å². The van der Waals surface area contributed by atoms with Gasteiger partial charge in [0, 0.05) is 23.1 Å². The number of halogens is 1. The summed E-state index contributed by atoms with van der Waals surface area (Å²) < 4.78 is 5.74. The van der Waals surface area contributed by atoms with Crippen LogP contribution in [0.4, 0.5) is 11.4 Å². The van der Waals surface area contributed by atoms with Gasteiger partial charge >= 0.3 is 0 Å². The first kappa shape index (κ1) is 19.0. The zero-order valence-electron chi connectivity index (χ0n) is 15.6. The fourth-order valence-electron chi connectivity index (χ4n) is 3.15. The van der Waals surface area contributed by atoms with E-state index in [0.29, 0.717) is 34.3 Å². The number of nitrogens with one attached hydrogen (secondary N) is 1. The molecule has 1 unspecified atom stereocenters. The van der Waals surface area contributed by atoms with Crippen molar-refractivity contribution in [2.24, 2.45) is 0 Å². The van der Waals surface area contributed by atoms with Gasteiger partial charge in [0.15, 0.2) is 6.10 Å². The molecule has 0 bridgehead atoms. The molecule has 4 rings (SSSR count). The van der Waals surface area contributed by atoms with Gasteiger partial charge in [-0.15, -0.1) is 0 Å². The summed E-state index contributed by atoms with van der Waals surface area (Å²) in [7, 11) is 0. The second-order valence-electron chi connectivity index (χ2n) is 6.65. The molecule has 2 amide bonds. The van der Waals surface area contributed by atoms with Crippen LogP contribution in [0.3, 0.4) is 0 Å². The Morgan fingerprint density at radius 3 is 2.79 bits per heavy atom. The number of fused-ring (bicyclic) bond motifs is 1. The first-order valence-corrected chi connectivity index (χ1v) is 9.47. The molecule has 2 heterocycles. The van der Waals surface area contributed by atoms with Crippen molar-refractivity contribution >= 4 is 34.8 Å². The van der Waals surface area contributed by atoms with E-state index < -0.39 is 6.10 Å². The monoisotopic (exact) mass is 407 g/mol. The highest BCUT2D eigenvalue weighted by molar-refractivity contribution is 6.31. The maximum Gasteiger partial charge on any atom is 0.268 e. The van der Waals surface area contributed by atoms with Crippen LogP contribution in [0.15, 0.2) is 67.0 Å². The summed E-state index contributed by atoms with van der Waals surface area (Å²) in [5.41, 5.74) is 2.40. The number of amides is 2. The van der Waals surface area contributed by atoms with Crippen LogP contribution in [0.5, 0.6) is 5.75 Å². The molecule has 0 aliphatic carbocycles. The average Bonchev–Trinajstić information content (AvgIpc) is 2.73. The summed E-state index contributed by atoms with van der Waals surface area (Å²) in [5, 5.41) is 3.42. The molecule has 1 aromatic heterocycles. The molecular weight excluding hydrogens is 390 g/mol. The predicted octanol–water partition coefficient (Wildman–Crippen LogP) is 4.30. The van der Waals surface area contributed by atoms with Crippen LogP contribution in [-0.4, -0.2) is 22.9 Å². The minimum absolute atomic E-state index is 0.173. The normalized spacial score (nSPS) is 15.4. The van der Waals surface area contributed by atoms with Crippen LogP contribution < -0.4 is 15.0 Å². The minimum Gasteiger partial charge on any atom is -0.479 e. The number of benzene rings is 2. The molecule has 0 saturated heterocycles. The third kappa shape index (κ3) is 3.93. The van der Waals surface area contributed by atoms with Gasteiger partial charge in [-0.3, -0.25) is 14.6 Å². The number of nitrogens with zero attached hydrogens (tertiary/aromatic N) is 2. The average molecular weight is 408 g/mol. The van der Waals surface area contributed by atoms with Gasteiger partial charge in [-0.25, -0.2) is 0 Å². The summed E-state index contributed by atoms with van der Waals surface area (Å²) >= 11 is 6.29. The lowest BCUT2D eigenvalue weighted by Crippen LogP contribution is -2.44. The lowest BCUT2D eigenvalue weighted by atomic mass is 10.1. The fourth-order valence-corrected chi connectivity index (χ4v) is 3.34. The van der Waals surface area contributed by atoms with Gasteiger partial charge in [-0.05, 0) is 48.9 Å². The van der Waals surface area contributed by atoms with Gasteiger partial charge in [0.1, 0.15) is 5.75 Å². The van der Waals surface area contributed by atoms with Crippen LogP contribution in [-0.2, 0) is 11.3 Å². The van der Waals surface area contributed by atoms with Crippen molar-refractivity contribution < 1.29 is 14.3 Å². The Hall–Kier alpha value is -3.38. The van der Waals surface area contributed by atoms with E-state index in [4.69, 9.17) is 16.3 Å². The van der Waals surface area contributed by atoms with Crippen molar-refractivity contribution in [1.29, 1.82) is 0 Å².